The van der Waals surface area contributed by atoms with Crippen LogP contribution in [-0.2, 0) is 20.3 Å². The van der Waals surface area contributed by atoms with Crippen molar-refractivity contribution in [3.8, 4) is 0 Å². The van der Waals surface area contributed by atoms with Gasteiger partial charge >= 0.3 is 11.4 Å². The normalized spacial score (nSPS) is 22.4. The van der Waals surface area contributed by atoms with Gasteiger partial charge in [0.1, 0.15) is 11.9 Å². The summed E-state index contributed by atoms with van der Waals surface area (Å²) < 4.78 is 25.7. The number of ketones is 1. The molecule has 1 aromatic carbocycles. The van der Waals surface area contributed by atoms with Gasteiger partial charge < -0.3 is 0 Å². The number of hydrogen-bond donors (Lipinski definition) is 1. The molecular weight excluding hydrogens is 360 g/mol. The first-order valence-corrected chi connectivity index (χ1v) is 11.5. The lowest BCUT2D eigenvalue weighted by Gasteiger charge is -2.21. The maximum atomic E-state index is 12.7. The van der Waals surface area contributed by atoms with Gasteiger partial charge in [-0.2, -0.15) is 4.21 Å². The Morgan fingerprint density at radius 1 is 1.04 bits per heavy atom. The van der Waals surface area contributed by atoms with Crippen molar-refractivity contribution in [2.24, 2.45) is 5.92 Å². The minimum Gasteiger partial charge on any atom is -0.299 e. The number of aryl methyl sites for hydroxylation is 1. The van der Waals surface area contributed by atoms with Crippen molar-refractivity contribution in [3.05, 3.63) is 35.4 Å². The van der Waals surface area contributed by atoms with Gasteiger partial charge in [0.05, 0.1) is 0 Å². The highest BCUT2D eigenvalue weighted by molar-refractivity contribution is 7.74. The summed E-state index contributed by atoms with van der Waals surface area (Å²) in [6, 6.07) is 7.84. The smallest absolute Gasteiger partial charge is 0.299 e. The van der Waals surface area contributed by atoms with Gasteiger partial charge in [-0.3, -0.25) is 13.5 Å². The molecule has 2 rings (SSSR count). The molecule has 3 unspecified atom stereocenters. The maximum absolute atomic E-state index is 12.7. The van der Waals surface area contributed by atoms with E-state index in [2.05, 4.69) is 0 Å². The van der Waals surface area contributed by atoms with E-state index in [1.165, 1.54) is 32.1 Å². The van der Waals surface area contributed by atoms with Crippen LogP contribution in [0.1, 0.15) is 94.3 Å². The lowest BCUT2D eigenvalue weighted by atomic mass is 9.87. The number of carbonyl (C=O) groups excluding carboxylic acids is 1. The van der Waals surface area contributed by atoms with E-state index >= 15 is 0 Å². The number of Topliss-reactive ketones (excluding diaryl/α,β-unsaturated/α-hetero) is 1. The average Bonchev–Trinajstić information content (AvgIpc) is 2.63. The molecule has 0 bridgehead atoms. The van der Waals surface area contributed by atoms with Gasteiger partial charge in [0, 0.05) is 12.3 Å². The summed E-state index contributed by atoms with van der Waals surface area (Å²) in [5, 5.41) is 0. The molecule has 0 aliphatic heterocycles. The topological polar surface area (TPSA) is 63.6 Å². The van der Waals surface area contributed by atoms with Gasteiger partial charge in [0.25, 0.3) is 0 Å². The van der Waals surface area contributed by atoms with Gasteiger partial charge in [-0.05, 0) is 38.2 Å². The maximum Gasteiger partial charge on any atom is 0.302 e. The van der Waals surface area contributed by atoms with Crippen LogP contribution in [0.2, 0.25) is 0 Å². The first kappa shape index (κ1) is 22.3. The predicted octanol–water partition coefficient (Wildman–Crippen LogP) is 6.07. The Morgan fingerprint density at radius 3 is 2.26 bits per heavy atom. The number of benzene rings is 1. The molecule has 4 nitrogen and oxygen atoms in total. The molecule has 1 N–H and O–H groups in total. The van der Waals surface area contributed by atoms with E-state index in [4.69, 9.17) is 4.18 Å². The molecule has 0 spiro atoms. The first-order valence-electron chi connectivity index (χ1n) is 10.4. The van der Waals surface area contributed by atoms with E-state index in [0.29, 0.717) is 25.0 Å². The molecule has 0 aromatic heterocycles. The minimum atomic E-state index is -2.32. The van der Waals surface area contributed by atoms with Crippen molar-refractivity contribution >= 4 is 17.1 Å². The summed E-state index contributed by atoms with van der Waals surface area (Å²) in [6.07, 6.45) is 12.0. The summed E-state index contributed by atoms with van der Waals surface area (Å²) in [5.74, 6) is 0.413. The molecule has 0 saturated heterocycles. The molecule has 0 heterocycles. The van der Waals surface area contributed by atoms with Crippen LogP contribution < -0.4 is 0 Å². The number of rotatable bonds is 6. The van der Waals surface area contributed by atoms with Crippen molar-refractivity contribution in [1.82, 2.24) is 0 Å². The third kappa shape index (κ3) is 8.67. The van der Waals surface area contributed by atoms with Crippen molar-refractivity contribution in [2.45, 2.75) is 90.1 Å². The van der Waals surface area contributed by atoms with Crippen molar-refractivity contribution < 1.29 is 17.7 Å². The standard InChI is InChI=1S/C22H34O4S/c1-18-12-14-20(15-13-18)22(26-27(24)25)17-16-19-10-8-6-4-2-3-5-7-9-11-21(19)23/h12-15,19,22H,2-11,16-17H2,1H3,(H,24,25). The third-order valence-corrected chi connectivity index (χ3v) is 6.00. The van der Waals surface area contributed by atoms with Crippen LogP contribution in [0.25, 0.3) is 0 Å². The molecule has 3 atom stereocenters. The second-order valence-corrected chi connectivity index (χ2v) is 8.45. The lowest BCUT2D eigenvalue weighted by Crippen LogP contribution is -2.17. The summed E-state index contributed by atoms with van der Waals surface area (Å²) in [5.41, 5.74) is 2.03. The van der Waals surface area contributed by atoms with Gasteiger partial charge in [-0.25, -0.2) is 0 Å². The Labute approximate surface area is 166 Å². The summed E-state index contributed by atoms with van der Waals surface area (Å²) in [4.78, 5) is 12.7. The van der Waals surface area contributed by atoms with E-state index in [9.17, 15) is 13.6 Å². The molecule has 1 aliphatic carbocycles. The Bertz CT molecular complexity index is 584. The van der Waals surface area contributed by atoms with Crippen LogP contribution in [0.4, 0.5) is 0 Å². The molecule has 27 heavy (non-hydrogen) atoms. The Kier molecular flexibility index (Phi) is 10.2. The van der Waals surface area contributed by atoms with E-state index in [0.717, 1.165) is 36.8 Å². The molecule has 1 aliphatic rings. The molecule has 1 aromatic rings. The van der Waals surface area contributed by atoms with Crippen LogP contribution in [0.5, 0.6) is 0 Å². The van der Waals surface area contributed by atoms with Crippen LogP contribution in [0, 0.1) is 12.8 Å². The van der Waals surface area contributed by atoms with Crippen LogP contribution in [0.15, 0.2) is 24.3 Å². The van der Waals surface area contributed by atoms with Crippen LogP contribution in [-0.4, -0.2) is 14.5 Å². The zero-order valence-electron chi connectivity index (χ0n) is 16.5. The van der Waals surface area contributed by atoms with Crippen molar-refractivity contribution in [3.63, 3.8) is 0 Å². The Balaban J connectivity index is 1.98. The zero-order valence-corrected chi connectivity index (χ0v) is 17.3. The van der Waals surface area contributed by atoms with Gasteiger partial charge in [0.15, 0.2) is 0 Å². The molecule has 152 valence electrons. The second-order valence-electron chi connectivity index (χ2n) is 7.82. The van der Waals surface area contributed by atoms with Crippen LogP contribution >= 0.6 is 0 Å². The van der Waals surface area contributed by atoms with Crippen molar-refractivity contribution in [1.29, 1.82) is 0 Å². The quantitative estimate of drug-likeness (QED) is 0.595. The molecule has 5 heteroatoms. The average molecular weight is 395 g/mol. The molecule has 1 fully saturated rings. The van der Waals surface area contributed by atoms with E-state index in [-0.39, 0.29) is 5.92 Å². The Hall–Kier alpha value is -1.04. The first-order chi connectivity index (χ1) is 13.1. The summed E-state index contributed by atoms with van der Waals surface area (Å²) >= 11 is -2.32. The Morgan fingerprint density at radius 2 is 1.63 bits per heavy atom. The molecular formula is C22H34O4S. The van der Waals surface area contributed by atoms with Crippen LogP contribution in [0.3, 0.4) is 0 Å². The number of hydrogen-bond acceptors (Lipinski definition) is 3. The highest BCUT2D eigenvalue weighted by Crippen LogP contribution is 2.29. The molecule has 0 radical (unpaired) electrons. The van der Waals surface area contributed by atoms with E-state index in [1.54, 1.807) is 0 Å². The highest BCUT2D eigenvalue weighted by Gasteiger charge is 2.22. The van der Waals surface area contributed by atoms with E-state index in [1.807, 2.05) is 31.2 Å². The largest absolute Gasteiger partial charge is 0.302 e. The lowest BCUT2D eigenvalue weighted by molar-refractivity contribution is -0.123. The second kappa shape index (κ2) is 12.4. The van der Waals surface area contributed by atoms with Gasteiger partial charge in [-0.1, -0.05) is 74.8 Å². The monoisotopic (exact) mass is 394 g/mol. The zero-order chi connectivity index (χ0) is 19.5. The fourth-order valence-corrected chi connectivity index (χ4v) is 4.33. The number of carbonyl (C=O) groups is 1. The highest BCUT2D eigenvalue weighted by atomic mass is 32.2. The van der Waals surface area contributed by atoms with Gasteiger partial charge in [-0.15, -0.1) is 0 Å². The summed E-state index contributed by atoms with van der Waals surface area (Å²) in [7, 11) is 0. The molecule has 0 amide bonds. The summed E-state index contributed by atoms with van der Waals surface area (Å²) in [6.45, 7) is 2.01. The SMILES string of the molecule is Cc1ccc(C(CCC2CCCCCCCCCCC2=O)OS(=O)O)cc1. The van der Waals surface area contributed by atoms with Crippen molar-refractivity contribution in [2.75, 3.05) is 0 Å². The van der Waals surface area contributed by atoms with Gasteiger partial charge in [0.2, 0.25) is 0 Å². The molecule has 1 saturated carbocycles. The third-order valence-electron chi connectivity index (χ3n) is 5.61. The fraction of sp³-hybridized carbons (Fsp3) is 0.682. The van der Waals surface area contributed by atoms with E-state index < -0.39 is 17.5 Å². The fourth-order valence-electron chi connectivity index (χ4n) is 3.92. The minimum absolute atomic E-state index is 0.0492. The predicted molar refractivity (Wildman–Crippen MR) is 110 cm³/mol.